The van der Waals surface area contributed by atoms with E-state index in [1.807, 2.05) is 0 Å². The van der Waals surface area contributed by atoms with Crippen LogP contribution in [0.3, 0.4) is 0 Å². The first kappa shape index (κ1) is 9.67. The Morgan fingerprint density at radius 3 is 2.47 bits per heavy atom. The maximum Gasteiger partial charge on any atom is 0.279 e. The average molecular weight is 223 g/mol. The van der Waals surface area contributed by atoms with Gasteiger partial charge >= 0.3 is 0 Å². The highest BCUT2D eigenvalue weighted by Crippen LogP contribution is 2.15. The van der Waals surface area contributed by atoms with Crippen LogP contribution in [-0.2, 0) is 0 Å². The van der Waals surface area contributed by atoms with Gasteiger partial charge in [-0.25, -0.2) is 0 Å². The lowest BCUT2D eigenvalue weighted by molar-refractivity contribution is 0.969. The normalized spacial score (nSPS) is 10.2. The lowest BCUT2D eigenvalue weighted by Crippen LogP contribution is -2.15. The van der Waals surface area contributed by atoms with Crippen molar-refractivity contribution in [3.63, 3.8) is 0 Å². The molecule has 15 heavy (non-hydrogen) atoms. The van der Waals surface area contributed by atoms with E-state index in [1.54, 1.807) is 24.3 Å². The summed E-state index contributed by atoms with van der Waals surface area (Å²) in [5.41, 5.74) is 5.78. The smallest absolute Gasteiger partial charge is 0.279 e. The number of nitrogens with zero attached hydrogens (tertiary/aromatic N) is 2. The van der Waals surface area contributed by atoms with Gasteiger partial charge in [0, 0.05) is 10.6 Å². The molecular weight excluding hydrogens is 216 g/mol. The zero-order valence-electron chi connectivity index (χ0n) is 7.57. The van der Waals surface area contributed by atoms with Crippen LogP contribution in [0.2, 0.25) is 5.02 Å². The molecule has 0 aliphatic rings. The number of benzene rings is 1. The van der Waals surface area contributed by atoms with Gasteiger partial charge in [-0.3, -0.25) is 9.78 Å². The van der Waals surface area contributed by atoms with Gasteiger partial charge in [-0.15, -0.1) is 10.2 Å². The fourth-order valence-corrected chi connectivity index (χ4v) is 1.27. The molecular formula is C9H7ClN4O. The Kier molecular flexibility index (Phi) is 2.39. The second kappa shape index (κ2) is 3.70. The summed E-state index contributed by atoms with van der Waals surface area (Å²) in [6.07, 6.45) is 0. The van der Waals surface area contributed by atoms with Crippen LogP contribution in [0.1, 0.15) is 0 Å². The summed E-state index contributed by atoms with van der Waals surface area (Å²) in [5, 5.41) is 7.89. The minimum atomic E-state index is -0.371. The number of hydrogen-bond acceptors (Lipinski definition) is 4. The summed E-state index contributed by atoms with van der Waals surface area (Å²) in [7, 11) is 0. The highest BCUT2D eigenvalue weighted by atomic mass is 35.5. The molecule has 0 unspecified atom stereocenters. The highest BCUT2D eigenvalue weighted by molar-refractivity contribution is 6.30. The van der Waals surface area contributed by atoms with Crippen molar-refractivity contribution in [2.45, 2.75) is 0 Å². The van der Waals surface area contributed by atoms with E-state index in [0.717, 1.165) is 0 Å². The molecule has 1 aromatic heterocycles. The second-order valence-corrected chi connectivity index (χ2v) is 3.33. The van der Waals surface area contributed by atoms with Gasteiger partial charge in [-0.2, -0.15) is 0 Å². The predicted molar refractivity (Wildman–Crippen MR) is 57.5 cm³/mol. The van der Waals surface area contributed by atoms with Crippen molar-refractivity contribution in [2.75, 3.05) is 5.73 Å². The van der Waals surface area contributed by atoms with Crippen LogP contribution in [-0.4, -0.2) is 15.2 Å². The maximum atomic E-state index is 11.5. The Bertz CT molecular complexity index is 535. The van der Waals surface area contributed by atoms with Gasteiger partial charge < -0.3 is 5.73 Å². The van der Waals surface area contributed by atoms with Crippen molar-refractivity contribution in [3.8, 4) is 11.3 Å². The number of rotatable bonds is 1. The molecule has 1 aromatic carbocycles. The van der Waals surface area contributed by atoms with Crippen molar-refractivity contribution in [1.29, 1.82) is 0 Å². The zero-order valence-corrected chi connectivity index (χ0v) is 8.32. The number of anilines is 1. The minimum Gasteiger partial charge on any atom is -0.368 e. The Hall–Kier alpha value is -1.88. The molecule has 6 heteroatoms. The molecule has 0 bridgehead atoms. The third-order valence-electron chi connectivity index (χ3n) is 1.83. The van der Waals surface area contributed by atoms with Gasteiger partial charge in [0.1, 0.15) is 0 Å². The van der Waals surface area contributed by atoms with E-state index in [1.165, 1.54) is 0 Å². The predicted octanol–water partition coefficient (Wildman–Crippen LogP) is 1.07. The molecule has 0 atom stereocenters. The number of nitrogens with one attached hydrogen (secondary N) is 1. The lowest BCUT2D eigenvalue weighted by Gasteiger charge is -1.98. The Morgan fingerprint density at radius 2 is 1.87 bits per heavy atom. The van der Waals surface area contributed by atoms with E-state index in [2.05, 4.69) is 15.2 Å². The van der Waals surface area contributed by atoms with Gasteiger partial charge in [-0.1, -0.05) is 23.7 Å². The van der Waals surface area contributed by atoms with Crippen molar-refractivity contribution >= 4 is 17.5 Å². The topological polar surface area (TPSA) is 84.7 Å². The fraction of sp³-hybridized carbons (Fsp3) is 0. The summed E-state index contributed by atoms with van der Waals surface area (Å²) in [6.45, 7) is 0. The number of halogens is 1. The Labute approximate surface area is 89.9 Å². The van der Waals surface area contributed by atoms with Crippen molar-refractivity contribution < 1.29 is 0 Å². The molecule has 0 spiro atoms. The molecule has 0 amide bonds. The number of H-pyrrole nitrogens is 1. The molecule has 1 heterocycles. The van der Waals surface area contributed by atoms with Gasteiger partial charge in [0.25, 0.3) is 5.56 Å². The molecule has 2 aromatic rings. The maximum absolute atomic E-state index is 11.5. The molecule has 0 saturated carbocycles. The van der Waals surface area contributed by atoms with E-state index in [4.69, 9.17) is 17.3 Å². The molecule has 5 nitrogen and oxygen atoms in total. The Balaban J connectivity index is 2.55. The van der Waals surface area contributed by atoms with Crippen LogP contribution in [0.4, 0.5) is 5.95 Å². The minimum absolute atomic E-state index is 0.00212. The first-order valence-electron chi connectivity index (χ1n) is 4.15. The van der Waals surface area contributed by atoms with Crippen molar-refractivity contribution in [2.24, 2.45) is 0 Å². The number of aromatic amines is 1. The SMILES string of the molecule is Nc1nnc(-c2ccc(Cl)cc2)c(=O)[nH]1. The number of nitrogen functional groups attached to an aromatic ring is 1. The molecule has 0 saturated heterocycles. The average Bonchev–Trinajstić information content (AvgIpc) is 2.20. The van der Waals surface area contributed by atoms with Gasteiger partial charge in [0.15, 0.2) is 5.69 Å². The van der Waals surface area contributed by atoms with Gasteiger partial charge in [0.05, 0.1) is 0 Å². The number of hydrogen-bond donors (Lipinski definition) is 2. The molecule has 0 aliphatic carbocycles. The lowest BCUT2D eigenvalue weighted by atomic mass is 10.2. The Morgan fingerprint density at radius 1 is 1.20 bits per heavy atom. The molecule has 76 valence electrons. The second-order valence-electron chi connectivity index (χ2n) is 2.89. The van der Waals surface area contributed by atoms with Crippen LogP contribution >= 0.6 is 11.6 Å². The van der Waals surface area contributed by atoms with Crippen LogP contribution in [0.15, 0.2) is 29.1 Å². The highest BCUT2D eigenvalue weighted by Gasteiger charge is 2.05. The van der Waals surface area contributed by atoms with Gasteiger partial charge in [-0.05, 0) is 12.1 Å². The summed E-state index contributed by atoms with van der Waals surface area (Å²) >= 11 is 5.72. The van der Waals surface area contributed by atoms with Crippen molar-refractivity contribution in [1.82, 2.24) is 15.2 Å². The summed E-state index contributed by atoms with van der Waals surface area (Å²) in [6, 6.07) is 6.73. The van der Waals surface area contributed by atoms with E-state index < -0.39 is 0 Å². The van der Waals surface area contributed by atoms with E-state index in [-0.39, 0.29) is 17.2 Å². The van der Waals surface area contributed by atoms with Crippen LogP contribution < -0.4 is 11.3 Å². The van der Waals surface area contributed by atoms with Crippen molar-refractivity contribution in [3.05, 3.63) is 39.6 Å². The fourth-order valence-electron chi connectivity index (χ4n) is 1.15. The summed E-state index contributed by atoms with van der Waals surface area (Å²) in [5.74, 6) is -0.00212. The first-order valence-corrected chi connectivity index (χ1v) is 4.53. The third kappa shape index (κ3) is 1.97. The summed E-state index contributed by atoms with van der Waals surface area (Å²) < 4.78 is 0. The van der Waals surface area contributed by atoms with Crippen LogP contribution in [0.5, 0.6) is 0 Å². The molecule has 3 N–H and O–H groups in total. The van der Waals surface area contributed by atoms with Crippen LogP contribution in [0.25, 0.3) is 11.3 Å². The van der Waals surface area contributed by atoms with E-state index in [9.17, 15) is 4.79 Å². The molecule has 0 radical (unpaired) electrons. The standard InChI is InChI=1S/C9H7ClN4O/c10-6-3-1-5(2-4-6)7-8(15)12-9(11)14-13-7/h1-4H,(H3,11,12,14,15). The monoisotopic (exact) mass is 222 g/mol. The number of aromatic nitrogens is 3. The largest absolute Gasteiger partial charge is 0.368 e. The molecule has 2 rings (SSSR count). The third-order valence-corrected chi connectivity index (χ3v) is 2.08. The molecule has 0 aliphatic heterocycles. The summed E-state index contributed by atoms with van der Waals surface area (Å²) in [4.78, 5) is 13.8. The van der Waals surface area contributed by atoms with E-state index in [0.29, 0.717) is 10.6 Å². The first-order chi connectivity index (χ1) is 7.16. The quantitative estimate of drug-likeness (QED) is 0.756. The van der Waals surface area contributed by atoms with Crippen LogP contribution in [0, 0.1) is 0 Å². The molecule has 0 fully saturated rings. The van der Waals surface area contributed by atoms with E-state index >= 15 is 0 Å². The van der Waals surface area contributed by atoms with Gasteiger partial charge in [0.2, 0.25) is 5.95 Å². The number of nitrogens with two attached hydrogens (primary N) is 1. The zero-order chi connectivity index (χ0) is 10.8.